The maximum absolute atomic E-state index is 14.0. The van der Waals surface area contributed by atoms with Crippen LogP contribution in [-0.4, -0.2) is 77.0 Å². The Morgan fingerprint density at radius 1 is 1.05 bits per heavy atom. The van der Waals surface area contributed by atoms with Gasteiger partial charge in [0.25, 0.3) is 0 Å². The van der Waals surface area contributed by atoms with Gasteiger partial charge in [-0.3, -0.25) is 14.4 Å². The molecule has 0 spiro atoms. The summed E-state index contributed by atoms with van der Waals surface area (Å²) in [5, 5.41) is 17.3. The van der Waals surface area contributed by atoms with E-state index in [1.54, 1.807) is 9.80 Å². The van der Waals surface area contributed by atoms with Gasteiger partial charge in [-0.25, -0.2) is 8.78 Å². The van der Waals surface area contributed by atoms with Gasteiger partial charge < -0.3 is 25.5 Å². The Kier molecular flexibility index (Phi) is 10.8. The molecular weight excluding hydrogens is 530 g/mol. The Hall–Kier alpha value is -3.37. The summed E-state index contributed by atoms with van der Waals surface area (Å²) in [4.78, 5) is 42.7. The van der Waals surface area contributed by atoms with Crippen LogP contribution in [0.4, 0.5) is 8.78 Å². The molecule has 8 nitrogen and oxygen atoms in total. The van der Waals surface area contributed by atoms with Gasteiger partial charge in [-0.15, -0.1) is 0 Å². The first-order chi connectivity index (χ1) is 19.7. The van der Waals surface area contributed by atoms with E-state index in [9.17, 15) is 28.3 Å². The molecule has 41 heavy (non-hydrogen) atoms. The van der Waals surface area contributed by atoms with Crippen molar-refractivity contribution >= 4 is 17.7 Å². The van der Waals surface area contributed by atoms with Gasteiger partial charge in [0.1, 0.15) is 17.7 Å². The van der Waals surface area contributed by atoms with Crippen LogP contribution in [0.25, 0.3) is 0 Å². The SMILES string of the molecule is CCCCCCN1CC(C(=O)N[C@@H](Cc2cc(F)cc(F)c2)[C@H](O)[C@@H]2NCCN(Cc3ccccc3)C2=O)CC1=O. The normalized spacial score (nSPS) is 20.8. The van der Waals surface area contributed by atoms with Crippen molar-refractivity contribution in [1.82, 2.24) is 20.4 Å². The van der Waals surface area contributed by atoms with Gasteiger partial charge in [0, 0.05) is 45.2 Å². The van der Waals surface area contributed by atoms with Crippen LogP contribution in [0.1, 0.15) is 50.2 Å². The highest BCUT2D eigenvalue weighted by Crippen LogP contribution is 2.21. The van der Waals surface area contributed by atoms with Crippen LogP contribution in [-0.2, 0) is 27.3 Å². The second-order valence-corrected chi connectivity index (χ2v) is 11.1. The molecule has 2 heterocycles. The molecule has 0 bridgehead atoms. The summed E-state index contributed by atoms with van der Waals surface area (Å²) >= 11 is 0. The minimum atomic E-state index is -1.39. The van der Waals surface area contributed by atoms with E-state index in [2.05, 4.69) is 17.6 Å². The van der Waals surface area contributed by atoms with Crippen LogP contribution in [0.5, 0.6) is 0 Å². The number of unbranched alkanes of at least 4 members (excludes halogenated alkanes) is 3. The summed E-state index contributed by atoms with van der Waals surface area (Å²) in [7, 11) is 0. The predicted octanol–water partition coefficient (Wildman–Crippen LogP) is 2.78. The average molecular weight is 571 g/mol. The monoisotopic (exact) mass is 570 g/mol. The van der Waals surface area contributed by atoms with Crippen molar-refractivity contribution in [1.29, 1.82) is 0 Å². The Labute approximate surface area is 240 Å². The fourth-order valence-electron chi connectivity index (χ4n) is 5.64. The number of halogens is 2. The van der Waals surface area contributed by atoms with E-state index in [0.29, 0.717) is 26.2 Å². The molecule has 0 radical (unpaired) electrons. The van der Waals surface area contributed by atoms with Crippen LogP contribution in [0, 0.1) is 17.6 Å². The van der Waals surface area contributed by atoms with Gasteiger partial charge in [-0.1, -0.05) is 56.5 Å². The summed E-state index contributed by atoms with van der Waals surface area (Å²) in [5.41, 5.74) is 1.18. The van der Waals surface area contributed by atoms with Crippen molar-refractivity contribution < 1.29 is 28.3 Å². The Balaban J connectivity index is 1.47. The summed E-state index contributed by atoms with van der Waals surface area (Å²) in [5.74, 6) is -3.02. The zero-order valence-corrected chi connectivity index (χ0v) is 23.5. The second kappa shape index (κ2) is 14.5. The molecule has 0 aromatic heterocycles. The van der Waals surface area contributed by atoms with E-state index in [-0.39, 0.29) is 36.8 Å². The number of benzene rings is 2. The molecule has 3 amide bonds. The molecule has 10 heteroatoms. The molecule has 2 aromatic carbocycles. The Morgan fingerprint density at radius 3 is 2.49 bits per heavy atom. The van der Waals surface area contributed by atoms with Gasteiger partial charge in [0.05, 0.1) is 18.1 Å². The molecule has 4 atom stereocenters. The van der Waals surface area contributed by atoms with Crippen molar-refractivity contribution in [2.24, 2.45) is 5.92 Å². The predicted molar refractivity (Wildman–Crippen MR) is 150 cm³/mol. The highest BCUT2D eigenvalue weighted by Gasteiger charge is 2.40. The molecule has 0 saturated carbocycles. The summed E-state index contributed by atoms with van der Waals surface area (Å²) in [6, 6.07) is 10.5. The fraction of sp³-hybridized carbons (Fsp3) is 0.516. The van der Waals surface area contributed by atoms with Gasteiger partial charge in [0.15, 0.2) is 0 Å². The average Bonchev–Trinajstić information content (AvgIpc) is 3.32. The lowest BCUT2D eigenvalue weighted by atomic mass is 9.93. The van der Waals surface area contributed by atoms with Crippen LogP contribution in [0.15, 0.2) is 48.5 Å². The molecule has 0 aliphatic carbocycles. The number of aliphatic hydroxyl groups excluding tert-OH is 1. The first kappa shape index (κ1) is 30.6. The zero-order valence-electron chi connectivity index (χ0n) is 23.5. The lowest BCUT2D eigenvalue weighted by Gasteiger charge is -2.38. The topological polar surface area (TPSA) is 102 Å². The van der Waals surface area contributed by atoms with Gasteiger partial charge >= 0.3 is 0 Å². The highest BCUT2D eigenvalue weighted by molar-refractivity contribution is 5.89. The first-order valence-electron chi connectivity index (χ1n) is 14.5. The molecule has 2 aliphatic rings. The van der Waals surface area contributed by atoms with Gasteiger partial charge in [-0.2, -0.15) is 0 Å². The molecule has 3 N–H and O–H groups in total. The number of hydrogen-bond acceptors (Lipinski definition) is 5. The Morgan fingerprint density at radius 2 is 1.78 bits per heavy atom. The first-order valence-corrected chi connectivity index (χ1v) is 14.5. The van der Waals surface area contributed by atoms with Gasteiger partial charge in [-0.05, 0) is 36.1 Å². The third-order valence-corrected chi connectivity index (χ3v) is 7.87. The maximum atomic E-state index is 14.0. The van der Waals surface area contributed by atoms with E-state index in [1.807, 2.05) is 30.3 Å². The lowest BCUT2D eigenvalue weighted by molar-refractivity contribution is -0.141. The molecule has 2 aliphatic heterocycles. The van der Waals surface area contributed by atoms with Crippen molar-refractivity contribution in [3.05, 3.63) is 71.3 Å². The van der Waals surface area contributed by atoms with E-state index < -0.39 is 41.6 Å². The van der Waals surface area contributed by atoms with Crippen LogP contribution >= 0.6 is 0 Å². The lowest BCUT2D eigenvalue weighted by Crippen LogP contribution is -2.64. The molecule has 2 saturated heterocycles. The standard InChI is InChI=1S/C31H40F2N4O4/c1-2-3-4-8-12-36-20-23(17-27(36)38)30(40)35-26(16-22-14-24(32)18-25(33)15-22)29(39)28-31(41)37(13-11-34-28)19-21-9-6-5-7-10-21/h5-7,9-10,14-15,18,23,26,28-29,34,39H,2-4,8,11-13,16-17,19-20H2,1H3,(H,35,40)/t23?,26-,28-,29-/m0/s1. The molecular formula is C31H40F2N4O4. The van der Waals surface area contributed by atoms with Crippen molar-refractivity contribution in [2.45, 2.75) is 70.2 Å². The summed E-state index contributed by atoms with van der Waals surface area (Å²) in [6.07, 6.45) is 2.62. The van der Waals surface area contributed by atoms with E-state index in [1.165, 1.54) is 0 Å². The van der Waals surface area contributed by atoms with Gasteiger partial charge in [0.2, 0.25) is 17.7 Å². The zero-order chi connectivity index (χ0) is 29.4. The van der Waals surface area contributed by atoms with Crippen LogP contribution in [0.3, 0.4) is 0 Å². The third kappa shape index (κ3) is 8.33. The number of likely N-dealkylation sites (tertiary alicyclic amines) is 1. The van der Waals surface area contributed by atoms with Crippen LogP contribution in [0.2, 0.25) is 0 Å². The second-order valence-electron chi connectivity index (χ2n) is 11.1. The summed E-state index contributed by atoms with van der Waals surface area (Å²) < 4.78 is 28.0. The number of aliphatic hydroxyl groups is 1. The van der Waals surface area contributed by atoms with E-state index >= 15 is 0 Å². The number of hydrogen-bond donors (Lipinski definition) is 3. The summed E-state index contributed by atoms with van der Waals surface area (Å²) in [6.45, 7) is 4.23. The largest absolute Gasteiger partial charge is 0.389 e. The number of piperazine rings is 1. The molecule has 2 fully saturated rings. The number of carbonyl (C=O) groups is 3. The molecule has 222 valence electrons. The minimum absolute atomic E-state index is 0.0580. The Bertz CT molecular complexity index is 1180. The number of carbonyl (C=O) groups excluding carboxylic acids is 3. The van der Waals surface area contributed by atoms with Crippen molar-refractivity contribution in [3.63, 3.8) is 0 Å². The molecule has 1 unspecified atom stereocenters. The van der Waals surface area contributed by atoms with E-state index in [4.69, 9.17) is 0 Å². The molecule has 4 rings (SSSR count). The highest BCUT2D eigenvalue weighted by atomic mass is 19.1. The minimum Gasteiger partial charge on any atom is -0.389 e. The number of nitrogens with one attached hydrogen (secondary N) is 2. The van der Waals surface area contributed by atoms with Crippen LogP contribution < -0.4 is 10.6 Å². The van der Waals surface area contributed by atoms with E-state index in [0.717, 1.165) is 49.4 Å². The number of nitrogens with zero attached hydrogens (tertiary/aromatic N) is 2. The van der Waals surface area contributed by atoms with Crippen molar-refractivity contribution in [3.8, 4) is 0 Å². The number of amides is 3. The molecule has 2 aromatic rings. The van der Waals surface area contributed by atoms with Crippen molar-refractivity contribution in [2.75, 3.05) is 26.2 Å². The quantitative estimate of drug-likeness (QED) is 0.322. The fourth-order valence-corrected chi connectivity index (χ4v) is 5.64. The smallest absolute Gasteiger partial charge is 0.242 e. The third-order valence-electron chi connectivity index (χ3n) is 7.87. The number of rotatable bonds is 13. The maximum Gasteiger partial charge on any atom is 0.242 e.